The lowest BCUT2D eigenvalue weighted by atomic mass is 10.1. The van der Waals surface area contributed by atoms with Gasteiger partial charge in [-0.15, -0.1) is 0 Å². The fourth-order valence-electron chi connectivity index (χ4n) is 1.24. The smallest absolute Gasteiger partial charge is 0.00986 e. The van der Waals surface area contributed by atoms with Gasteiger partial charge in [0.2, 0.25) is 0 Å². The van der Waals surface area contributed by atoms with E-state index >= 15 is 0 Å². The summed E-state index contributed by atoms with van der Waals surface area (Å²) in [5.74, 6) is 0. The van der Waals surface area contributed by atoms with Crippen LogP contribution in [-0.4, -0.2) is 13.1 Å². The first-order valence-electron chi connectivity index (χ1n) is 3.76. The largest absolute Gasteiger partial charge is 0.317 e. The van der Waals surface area contributed by atoms with Crippen LogP contribution in [0.3, 0.4) is 0 Å². The molecule has 1 aliphatic rings. The Bertz CT molecular complexity index is 96.7. The summed E-state index contributed by atoms with van der Waals surface area (Å²) in [6, 6.07) is 0.740. The number of rotatable bonds is 1. The molecule has 0 aromatic carbocycles. The Balaban J connectivity index is 2.29. The molecule has 0 spiro atoms. The van der Waals surface area contributed by atoms with Gasteiger partial charge in [-0.3, -0.25) is 0 Å². The quantitative estimate of drug-likeness (QED) is 0.526. The second-order valence-corrected chi connectivity index (χ2v) is 2.62. The van der Waals surface area contributed by atoms with Gasteiger partial charge in [0.1, 0.15) is 0 Å². The Morgan fingerprint density at radius 2 is 2.33 bits per heavy atom. The molecule has 1 atom stereocenters. The van der Waals surface area contributed by atoms with E-state index in [0.29, 0.717) is 0 Å². The zero-order valence-corrected chi connectivity index (χ0v) is 6.06. The van der Waals surface area contributed by atoms with Gasteiger partial charge in [-0.25, -0.2) is 0 Å². The summed E-state index contributed by atoms with van der Waals surface area (Å²) in [5.41, 5.74) is 0. The molecule has 0 saturated heterocycles. The molecule has 0 saturated carbocycles. The Labute approximate surface area is 57.1 Å². The van der Waals surface area contributed by atoms with Gasteiger partial charge in [0.15, 0.2) is 0 Å². The molecule has 0 aliphatic heterocycles. The standard InChI is InChI=1S/C8H15N/c1-9-8-6-4-2-3-5-7-8/h2,4,8-9H,3,5-7H2,1H3. The zero-order chi connectivity index (χ0) is 6.53. The molecular weight excluding hydrogens is 110 g/mol. The molecule has 0 aromatic heterocycles. The molecule has 1 nitrogen and oxygen atoms in total. The molecule has 0 heterocycles. The molecular formula is C8H15N. The second-order valence-electron chi connectivity index (χ2n) is 2.62. The fraction of sp³-hybridized carbons (Fsp3) is 0.750. The highest BCUT2D eigenvalue weighted by Gasteiger charge is 2.04. The van der Waals surface area contributed by atoms with Crippen LogP contribution < -0.4 is 5.32 Å². The van der Waals surface area contributed by atoms with Crippen LogP contribution in [0.15, 0.2) is 12.2 Å². The van der Waals surface area contributed by atoms with Gasteiger partial charge in [0.25, 0.3) is 0 Å². The summed E-state index contributed by atoms with van der Waals surface area (Å²) >= 11 is 0. The minimum atomic E-state index is 0.740. The Kier molecular flexibility index (Phi) is 2.78. The van der Waals surface area contributed by atoms with Gasteiger partial charge in [-0.2, -0.15) is 0 Å². The second kappa shape index (κ2) is 3.67. The molecule has 1 N–H and O–H groups in total. The molecule has 0 aromatic rings. The number of hydrogen-bond donors (Lipinski definition) is 1. The van der Waals surface area contributed by atoms with Gasteiger partial charge < -0.3 is 5.32 Å². The van der Waals surface area contributed by atoms with Crippen LogP contribution in [0, 0.1) is 0 Å². The molecule has 1 aliphatic carbocycles. The molecule has 0 bridgehead atoms. The molecule has 1 rings (SSSR count). The van der Waals surface area contributed by atoms with Crippen LogP contribution in [0.25, 0.3) is 0 Å². The third kappa shape index (κ3) is 2.19. The first-order valence-corrected chi connectivity index (χ1v) is 3.76. The maximum atomic E-state index is 3.29. The Morgan fingerprint density at radius 3 is 3.11 bits per heavy atom. The highest BCUT2D eigenvalue weighted by molar-refractivity contribution is 4.89. The minimum Gasteiger partial charge on any atom is -0.317 e. The average molecular weight is 125 g/mol. The van der Waals surface area contributed by atoms with Gasteiger partial charge in [0, 0.05) is 6.04 Å². The molecule has 52 valence electrons. The van der Waals surface area contributed by atoms with Crippen LogP contribution in [0.2, 0.25) is 0 Å². The van der Waals surface area contributed by atoms with Crippen molar-refractivity contribution in [3.8, 4) is 0 Å². The summed E-state index contributed by atoms with van der Waals surface area (Å²) < 4.78 is 0. The lowest BCUT2D eigenvalue weighted by molar-refractivity contribution is 0.522. The van der Waals surface area contributed by atoms with Crippen molar-refractivity contribution in [2.24, 2.45) is 0 Å². The van der Waals surface area contributed by atoms with E-state index in [2.05, 4.69) is 17.5 Å². The van der Waals surface area contributed by atoms with Crippen molar-refractivity contribution < 1.29 is 0 Å². The number of hydrogen-bond acceptors (Lipinski definition) is 1. The van der Waals surface area contributed by atoms with E-state index in [1.807, 2.05) is 7.05 Å². The first kappa shape index (κ1) is 6.81. The fourth-order valence-corrected chi connectivity index (χ4v) is 1.24. The van der Waals surface area contributed by atoms with Crippen LogP contribution in [0.4, 0.5) is 0 Å². The predicted octanol–water partition coefficient (Wildman–Crippen LogP) is 1.70. The van der Waals surface area contributed by atoms with E-state index < -0.39 is 0 Å². The van der Waals surface area contributed by atoms with E-state index in [9.17, 15) is 0 Å². The van der Waals surface area contributed by atoms with Crippen molar-refractivity contribution in [1.82, 2.24) is 5.32 Å². The van der Waals surface area contributed by atoms with Gasteiger partial charge in [0.05, 0.1) is 0 Å². The van der Waals surface area contributed by atoms with E-state index in [0.717, 1.165) is 6.04 Å². The van der Waals surface area contributed by atoms with Crippen molar-refractivity contribution in [3.05, 3.63) is 12.2 Å². The molecule has 1 heteroatoms. The maximum Gasteiger partial charge on any atom is 0.00986 e. The van der Waals surface area contributed by atoms with Crippen LogP contribution in [0.1, 0.15) is 25.7 Å². The van der Waals surface area contributed by atoms with Gasteiger partial charge in [-0.05, 0) is 32.7 Å². The summed E-state index contributed by atoms with van der Waals surface area (Å²) in [4.78, 5) is 0. The summed E-state index contributed by atoms with van der Waals surface area (Å²) in [6.07, 6.45) is 9.76. The van der Waals surface area contributed by atoms with Crippen molar-refractivity contribution in [3.63, 3.8) is 0 Å². The third-order valence-electron chi connectivity index (χ3n) is 1.92. The zero-order valence-electron chi connectivity index (χ0n) is 6.06. The van der Waals surface area contributed by atoms with E-state index in [-0.39, 0.29) is 0 Å². The van der Waals surface area contributed by atoms with Crippen LogP contribution in [-0.2, 0) is 0 Å². The topological polar surface area (TPSA) is 12.0 Å². The number of nitrogens with one attached hydrogen (secondary N) is 1. The molecule has 0 amide bonds. The van der Waals surface area contributed by atoms with Crippen LogP contribution in [0.5, 0.6) is 0 Å². The predicted molar refractivity (Wildman–Crippen MR) is 40.5 cm³/mol. The van der Waals surface area contributed by atoms with E-state index in [1.165, 1.54) is 25.7 Å². The third-order valence-corrected chi connectivity index (χ3v) is 1.92. The molecule has 0 radical (unpaired) electrons. The van der Waals surface area contributed by atoms with E-state index in [4.69, 9.17) is 0 Å². The van der Waals surface area contributed by atoms with E-state index in [1.54, 1.807) is 0 Å². The van der Waals surface area contributed by atoms with Crippen molar-refractivity contribution >= 4 is 0 Å². The first-order chi connectivity index (χ1) is 4.43. The average Bonchev–Trinajstić information content (AvgIpc) is 2.13. The summed E-state index contributed by atoms with van der Waals surface area (Å²) in [6.45, 7) is 0. The monoisotopic (exact) mass is 125 g/mol. The van der Waals surface area contributed by atoms with Crippen molar-refractivity contribution in [1.29, 1.82) is 0 Å². The highest BCUT2D eigenvalue weighted by Crippen LogP contribution is 2.10. The summed E-state index contributed by atoms with van der Waals surface area (Å²) in [7, 11) is 2.05. The maximum absolute atomic E-state index is 3.29. The van der Waals surface area contributed by atoms with Crippen LogP contribution >= 0.6 is 0 Å². The van der Waals surface area contributed by atoms with Gasteiger partial charge >= 0.3 is 0 Å². The lowest BCUT2D eigenvalue weighted by Gasteiger charge is -2.10. The Hall–Kier alpha value is -0.300. The lowest BCUT2D eigenvalue weighted by Crippen LogP contribution is -2.23. The number of allylic oxidation sites excluding steroid dienone is 1. The normalized spacial score (nSPS) is 27.9. The SMILES string of the molecule is CNC1CC=CCCC1. The molecule has 9 heavy (non-hydrogen) atoms. The van der Waals surface area contributed by atoms with Crippen molar-refractivity contribution in [2.75, 3.05) is 7.05 Å². The molecule has 0 fully saturated rings. The minimum absolute atomic E-state index is 0.740. The van der Waals surface area contributed by atoms with Gasteiger partial charge in [-0.1, -0.05) is 12.2 Å². The summed E-state index contributed by atoms with van der Waals surface area (Å²) in [5, 5.41) is 3.29. The molecule has 1 unspecified atom stereocenters. The Morgan fingerprint density at radius 1 is 1.44 bits per heavy atom. The highest BCUT2D eigenvalue weighted by atomic mass is 14.9. The van der Waals surface area contributed by atoms with Crippen molar-refractivity contribution in [2.45, 2.75) is 31.7 Å².